The number of hydrogen-bond acceptors (Lipinski definition) is 5. The first-order valence-corrected chi connectivity index (χ1v) is 12.1. The van der Waals surface area contributed by atoms with Gasteiger partial charge >= 0.3 is 0 Å². The zero-order chi connectivity index (χ0) is 24.2. The number of rotatable bonds is 9. The lowest BCUT2D eigenvalue weighted by Crippen LogP contribution is -2.47. The summed E-state index contributed by atoms with van der Waals surface area (Å²) < 4.78 is 39.4. The molecule has 0 aliphatic carbocycles. The van der Waals surface area contributed by atoms with Gasteiger partial charge in [-0.1, -0.05) is 24.3 Å². The normalized spacial score (nSPS) is 15.1. The van der Waals surface area contributed by atoms with Crippen molar-refractivity contribution in [1.29, 1.82) is 0 Å². The van der Waals surface area contributed by atoms with Gasteiger partial charge in [-0.05, 0) is 50.1 Å². The number of benzene rings is 2. The number of amides is 3. The lowest BCUT2D eigenvalue weighted by molar-refractivity contribution is -0.140. The van der Waals surface area contributed by atoms with Crippen LogP contribution < -0.4 is 5.32 Å². The molecule has 0 radical (unpaired) electrons. The summed E-state index contributed by atoms with van der Waals surface area (Å²) in [5.74, 6) is -1.73. The van der Waals surface area contributed by atoms with Crippen molar-refractivity contribution in [2.75, 3.05) is 13.1 Å². The van der Waals surface area contributed by atoms with Crippen LogP contribution in [0.1, 0.15) is 42.6 Å². The Balaban J connectivity index is 1.70. The number of likely N-dealkylation sites (N-methyl/N-ethyl adjacent to an activating group) is 1. The van der Waals surface area contributed by atoms with Crippen molar-refractivity contribution in [3.05, 3.63) is 65.5 Å². The largest absolute Gasteiger partial charge is 0.355 e. The van der Waals surface area contributed by atoms with Crippen LogP contribution in [0.4, 0.5) is 4.39 Å². The van der Waals surface area contributed by atoms with Gasteiger partial charge in [0.25, 0.3) is 15.9 Å². The Hall–Kier alpha value is -3.27. The van der Waals surface area contributed by atoms with Gasteiger partial charge in [0.2, 0.25) is 11.8 Å². The van der Waals surface area contributed by atoms with E-state index in [4.69, 9.17) is 0 Å². The standard InChI is InChI=1S/C23H26FN3O5S/c1-3-25-22(29)16(2)26(15-17-10-12-18(24)13-11-17)21(28)9-6-14-27-23(30)19-7-4-5-8-20(19)33(27,31)32/h4-5,7-8,10-13,16H,3,6,9,14-15H2,1-2H3,(H,25,29)/t16-/m1/s1. The molecule has 0 spiro atoms. The second kappa shape index (κ2) is 10.1. The summed E-state index contributed by atoms with van der Waals surface area (Å²) >= 11 is 0. The monoisotopic (exact) mass is 475 g/mol. The fourth-order valence-electron chi connectivity index (χ4n) is 3.66. The molecular formula is C23H26FN3O5S. The Kier molecular flexibility index (Phi) is 7.47. The summed E-state index contributed by atoms with van der Waals surface area (Å²) in [5, 5.41) is 2.68. The van der Waals surface area contributed by atoms with Gasteiger partial charge in [-0.3, -0.25) is 14.4 Å². The highest BCUT2D eigenvalue weighted by Crippen LogP contribution is 2.30. The number of carbonyl (C=O) groups is 3. The predicted molar refractivity (Wildman–Crippen MR) is 119 cm³/mol. The molecule has 3 rings (SSSR count). The van der Waals surface area contributed by atoms with Crippen molar-refractivity contribution in [3.63, 3.8) is 0 Å². The number of nitrogens with zero attached hydrogens (tertiary/aromatic N) is 2. The first kappa shape index (κ1) is 24.4. The molecule has 10 heteroatoms. The van der Waals surface area contributed by atoms with Crippen molar-refractivity contribution in [2.45, 2.75) is 44.2 Å². The van der Waals surface area contributed by atoms with Gasteiger partial charge < -0.3 is 10.2 Å². The maximum absolute atomic E-state index is 13.3. The van der Waals surface area contributed by atoms with Gasteiger partial charge in [0.1, 0.15) is 16.8 Å². The fourth-order valence-corrected chi connectivity index (χ4v) is 5.27. The highest BCUT2D eigenvalue weighted by Gasteiger charge is 2.40. The average molecular weight is 476 g/mol. The Bertz CT molecular complexity index is 1150. The number of fused-ring (bicyclic) bond motifs is 1. The number of nitrogens with one attached hydrogen (secondary N) is 1. The van der Waals surface area contributed by atoms with Gasteiger partial charge in [-0.15, -0.1) is 0 Å². The molecule has 1 aliphatic heterocycles. The summed E-state index contributed by atoms with van der Waals surface area (Å²) in [6.45, 7) is 3.70. The van der Waals surface area contributed by atoms with Crippen LogP contribution in [-0.4, -0.2) is 54.5 Å². The molecule has 8 nitrogen and oxygen atoms in total. The fraction of sp³-hybridized carbons (Fsp3) is 0.348. The molecule has 2 aromatic rings. The van der Waals surface area contributed by atoms with Crippen molar-refractivity contribution < 1.29 is 27.2 Å². The molecule has 3 amide bonds. The minimum absolute atomic E-state index is 0.0379. The molecule has 0 unspecified atom stereocenters. The molecule has 0 bridgehead atoms. The van der Waals surface area contributed by atoms with Crippen LogP contribution in [-0.2, 0) is 26.2 Å². The topological polar surface area (TPSA) is 104 Å². The Labute approximate surface area is 192 Å². The minimum Gasteiger partial charge on any atom is -0.355 e. The van der Waals surface area contributed by atoms with E-state index in [1.54, 1.807) is 26.0 Å². The lowest BCUT2D eigenvalue weighted by atomic mass is 10.1. The van der Waals surface area contributed by atoms with Crippen molar-refractivity contribution in [1.82, 2.24) is 14.5 Å². The lowest BCUT2D eigenvalue weighted by Gasteiger charge is -2.29. The second-order valence-electron chi connectivity index (χ2n) is 7.70. The molecule has 0 aromatic heterocycles. The molecule has 1 aliphatic rings. The molecule has 0 saturated carbocycles. The van der Waals surface area contributed by atoms with E-state index in [1.807, 2.05) is 0 Å². The second-order valence-corrected chi connectivity index (χ2v) is 9.53. The highest BCUT2D eigenvalue weighted by molar-refractivity contribution is 7.90. The van der Waals surface area contributed by atoms with Crippen LogP contribution >= 0.6 is 0 Å². The van der Waals surface area contributed by atoms with Gasteiger partial charge in [-0.2, -0.15) is 0 Å². The molecule has 1 N–H and O–H groups in total. The van der Waals surface area contributed by atoms with E-state index >= 15 is 0 Å². The molecule has 0 saturated heterocycles. The maximum Gasteiger partial charge on any atom is 0.269 e. The van der Waals surface area contributed by atoms with Crippen molar-refractivity contribution in [2.24, 2.45) is 0 Å². The van der Waals surface area contributed by atoms with E-state index in [9.17, 15) is 27.2 Å². The van der Waals surface area contributed by atoms with Crippen molar-refractivity contribution >= 4 is 27.7 Å². The molecular weight excluding hydrogens is 449 g/mol. The van der Waals surface area contributed by atoms with E-state index in [2.05, 4.69) is 5.32 Å². The number of halogens is 1. The van der Waals surface area contributed by atoms with E-state index in [0.717, 1.165) is 4.31 Å². The van der Waals surface area contributed by atoms with Crippen LogP contribution in [0.3, 0.4) is 0 Å². The third kappa shape index (κ3) is 5.22. The quantitative estimate of drug-likeness (QED) is 0.599. The summed E-state index contributed by atoms with van der Waals surface area (Å²) in [6, 6.07) is 10.8. The molecule has 176 valence electrons. The third-order valence-electron chi connectivity index (χ3n) is 5.45. The zero-order valence-electron chi connectivity index (χ0n) is 18.5. The summed E-state index contributed by atoms with van der Waals surface area (Å²) in [5.41, 5.74) is 0.764. The Morgan fingerprint density at radius 1 is 1.12 bits per heavy atom. The first-order chi connectivity index (χ1) is 15.7. The van der Waals surface area contributed by atoms with Gasteiger partial charge in [-0.25, -0.2) is 17.1 Å². The first-order valence-electron chi connectivity index (χ1n) is 10.6. The molecule has 1 atom stereocenters. The van der Waals surface area contributed by atoms with E-state index in [1.165, 1.54) is 41.3 Å². The molecule has 2 aromatic carbocycles. The van der Waals surface area contributed by atoms with Gasteiger partial charge in [0.05, 0.1) is 5.56 Å². The maximum atomic E-state index is 13.3. The van der Waals surface area contributed by atoms with Gasteiger partial charge in [0.15, 0.2) is 0 Å². The van der Waals surface area contributed by atoms with Crippen LogP contribution in [0.2, 0.25) is 0 Å². The Morgan fingerprint density at radius 3 is 2.42 bits per heavy atom. The third-order valence-corrected chi connectivity index (χ3v) is 7.29. The van der Waals surface area contributed by atoms with Crippen LogP contribution in [0.15, 0.2) is 53.4 Å². The van der Waals surface area contributed by atoms with E-state index < -0.39 is 27.8 Å². The summed E-state index contributed by atoms with van der Waals surface area (Å²) in [6.07, 6.45) is 0.0282. The SMILES string of the molecule is CCNC(=O)[C@@H](C)N(Cc1ccc(F)cc1)C(=O)CCCN1C(=O)c2ccccc2S1(=O)=O. The highest BCUT2D eigenvalue weighted by atomic mass is 32.2. The summed E-state index contributed by atoms with van der Waals surface area (Å²) in [4.78, 5) is 39.2. The average Bonchev–Trinajstić information content (AvgIpc) is 2.99. The molecule has 33 heavy (non-hydrogen) atoms. The van der Waals surface area contributed by atoms with Crippen molar-refractivity contribution in [3.8, 4) is 0 Å². The smallest absolute Gasteiger partial charge is 0.269 e. The predicted octanol–water partition coefficient (Wildman–Crippen LogP) is 2.30. The van der Waals surface area contributed by atoms with Gasteiger partial charge in [0, 0.05) is 26.1 Å². The van der Waals surface area contributed by atoms with E-state index in [-0.39, 0.29) is 48.2 Å². The van der Waals surface area contributed by atoms with Crippen LogP contribution in [0.25, 0.3) is 0 Å². The molecule has 1 heterocycles. The zero-order valence-corrected chi connectivity index (χ0v) is 19.3. The number of hydrogen-bond donors (Lipinski definition) is 1. The number of sulfonamides is 1. The van der Waals surface area contributed by atoms with Crippen LogP contribution in [0.5, 0.6) is 0 Å². The summed E-state index contributed by atoms with van der Waals surface area (Å²) in [7, 11) is -3.94. The number of carbonyl (C=O) groups excluding carboxylic acids is 3. The minimum atomic E-state index is -3.94. The van der Waals surface area contributed by atoms with Crippen LogP contribution in [0, 0.1) is 5.82 Å². The Morgan fingerprint density at radius 2 is 1.79 bits per heavy atom. The van der Waals surface area contributed by atoms with E-state index in [0.29, 0.717) is 12.1 Å². The molecule has 0 fully saturated rings.